The van der Waals surface area contributed by atoms with Gasteiger partial charge in [0.1, 0.15) is 0 Å². The zero-order valence-electron chi connectivity index (χ0n) is 14.2. The molecule has 1 aliphatic rings. The summed E-state index contributed by atoms with van der Waals surface area (Å²) in [6.07, 6.45) is 3.41. The molecule has 0 saturated heterocycles. The number of fused-ring (bicyclic) bond motifs is 2. The first-order valence-electron chi connectivity index (χ1n) is 7.79. The predicted molar refractivity (Wildman–Crippen MR) is 95.9 cm³/mol. The van der Waals surface area contributed by atoms with Gasteiger partial charge in [-0.3, -0.25) is 0 Å². The highest BCUT2D eigenvalue weighted by molar-refractivity contribution is 8.34. The molecule has 0 amide bonds. The van der Waals surface area contributed by atoms with Gasteiger partial charge < -0.3 is 4.74 Å². The molecule has 0 fully saturated rings. The first-order valence-corrected chi connectivity index (χ1v) is 10.6. The van der Waals surface area contributed by atoms with Gasteiger partial charge in [0.05, 0.1) is 7.11 Å². The van der Waals surface area contributed by atoms with Crippen molar-refractivity contribution < 1.29 is 22.3 Å². The number of halogens is 4. The largest absolute Gasteiger partial charge is 0.481 e. The second kappa shape index (κ2) is 6.45. The first-order chi connectivity index (χ1) is 12.8. The maximum Gasteiger partial charge on any atom is 0.212 e. The second-order valence-electron chi connectivity index (χ2n) is 5.98. The van der Waals surface area contributed by atoms with Crippen LogP contribution in [0.1, 0.15) is 0 Å². The molecule has 0 radical (unpaired) electrons. The van der Waals surface area contributed by atoms with Crippen LogP contribution in [0, 0.1) is 23.3 Å². The Hall–Kier alpha value is -2.19. The van der Waals surface area contributed by atoms with Gasteiger partial charge in [0.15, 0.2) is 23.3 Å². The monoisotopic (exact) mass is 411 g/mol. The van der Waals surface area contributed by atoms with Crippen LogP contribution in [-0.4, -0.2) is 18.3 Å². The zero-order chi connectivity index (χ0) is 19.3. The van der Waals surface area contributed by atoms with Gasteiger partial charge in [-0.25, -0.2) is 22.5 Å². The Balaban J connectivity index is 2.04. The van der Waals surface area contributed by atoms with Crippen LogP contribution in [0.25, 0.3) is 0 Å². The van der Waals surface area contributed by atoms with Gasteiger partial charge >= 0.3 is 0 Å². The van der Waals surface area contributed by atoms with Crippen molar-refractivity contribution in [2.75, 3.05) is 13.4 Å². The van der Waals surface area contributed by atoms with Crippen molar-refractivity contribution in [3.05, 3.63) is 65.9 Å². The summed E-state index contributed by atoms with van der Waals surface area (Å²) in [7, 11) is -0.712. The third kappa shape index (κ3) is 2.78. The van der Waals surface area contributed by atoms with E-state index in [4.69, 9.17) is 4.74 Å². The fourth-order valence-corrected chi connectivity index (χ4v) is 8.12. The fraction of sp³-hybridized carbons (Fsp3) is 0.105. The van der Waals surface area contributed by atoms with Crippen LogP contribution >= 0.6 is 21.8 Å². The molecular weight excluding hydrogens is 398 g/mol. The Morgan fingerprint density at radius 2 is 1.37 bits per heavy atom. The highest BCUT2D eigenvalue weighted by atomic mass is 32.3. The van der Waals surface area contributed by atoms with E-state index < -0.39 is 33.3 Å². The quantitative estimate of drug-likeness (QED) is 0.481. The number of methoxy groups -OCH3 is 1. The molecule has 2 aromatic carbocycles. The molecule has 0 saturated carbocycles. The van der Waals surface area contributed by atoms with E-state index in [9.17, 15) is 17.6 Å². The Morgan fingerprint density at radius 1 is 0.852 bits per heavy atom. The van der Waals surface area contributed by atoms with Crippen molar-refractivity contribution in [2.45, 2.75) is 24.5 Å². The van der Waals surface area contributed by atoms with Gasteiger partial charge in [-0.15, -0.1) is 0 Å². The predicted octanol–water partition coefficient (Wildman–Crippen LogP) is 6.02. The number of benzene rings is 2. The van der Waals surface area contributed by atoms with E-state index in [-0.39, 0.29) is 0 Å². The van der Waals surface area contributed by atoms with Crippen LogP contribution in [0.5, 0.6) is 5.88 Å². The summed E-state index contributed by atoms with van der Waals surface area (Å²) in [4.78, 5) is 6.92. The highest BCUT2D eigenvalue weighted by Crippen LogP contribution is 2.72. The minimum Gasteiger partial charge on any atom is -0.481 e. The lowest BCUT2D eigenvalue weighted by molar-refractivity contribution is 0.397. The molecule has 3 aromatic rings. The smallest absolute Gasteiger partial charge is 0.212 e. The van der Waals surface area contributed by atoms with E-state index in [0.29, 0.717) is 30.4 Å². The number of rotatable bonds is 2. The third-order valence-electron chi connectivity index (χ3n) is 4.46. The Kier molecular flexibility index (Phi) is 4.35. The van der Waals surface area contributed by atoms with E-state index >= 15 is 0 Å². The van der Waals surface area contributed by atoms with E-state index in [1.807, 2.05) is 6.26 Å². The molecule has 0 unspecified atom stereocenters. The fourth-order valence-electron chi connectivity index (χ4n) is 3.04. The first kappa shape index (κ1) is 18.2. The van der Waals surface area contributed by atoms with Gasteiger partial charge in [-0.05, 0) is 36.6 Å². The van der Waals surface area contributed by atoms with Crippen LogP contribution in [0.4, 0.5) is 17.6 Å². The summed E-state index contributed by atoms with van der Waals surface area (Å²) in [5, 5.41) is 0. The molecule has 1 aromatic heterocycles. The molecular formula is C19H13F4NOS2. The maximum atomic E-state index is 14.1. The summed E-state index contributed by atoms with van der Waals surface area (Å²) in [6, 6.07) is 7.88. The standard InChI is InChI=1S/C19H13F4NOS2/c1-25-19-4-3-10(9-24-19)27(2)17-7-13(22)11(20)5-15(17)26-16-6-12(21)14(23)8-18(16)27/h3-9H,1-2H3. The van der Waals surface area contributed by atoms with Crippen molar-refractivity contribution in [1.29, 1.82) is 0 Å². The summed E-state index contributed by atoms with van der Waals surface area (Å²) in [5.41, 5.74) is 0. The topological polar surface area (TPSA) is 22.1 Å². The maximum absolute atomic E-state index is 14.1. The lowest BCUT2D eigenvalue weighted by Gasteiger charge is -2.42. The lowest BCUT2D eigenvalue weighted by atomic mass is 10.3. The van der Waals surface area contributed by atoms with Crippen LogP contribution in [0.15, 0.2) is 67.1 Å². The molecule has 140 valence electrons. The van der Waals surface area contributed by atoms with Gasteiger partial charge in [-0.1, -0.05) is 11.8 Å². The molecule has 4 rings (SSSR count). The molecule has 0 aliphatic carbocycles. The average Bonchev–Trinajstić information content (AvgIpc) is 2.66. The molecule has 27 heavy (non-hydrogen) atoms. The normalized spacial score (nSPS) is 15.6. The van der Waals surface area contributed by atoms with Gasteiger partial charge in [0, 0.05) is 36.7 Å². The number of aromatic nitrogens is 1. The van der Waals surface area contributed by atoms with Crippen molar-refractivity contribution in [2.24, 2.45) is 0 Å². The molecule has 1 aliphatic heterocycles. The minimum absolute atomic E-state index is 0.392. The van der Waals surface area contributed by atoms with Gasteiger partial charge in [0.2, 0.25) is 5.88 Å². The second-order valence-corrected chi connectivity index (χ2v) is 10.3. The van der Waals surface area contributed by atoms with Crippen molar-refractivity contribution in [1.82, 2.24) is 4.98 Å². The summed E-state index contributed by atoms with van der Waals surface area (Å²) in [6.45, 7) is 0. The molecule has 0 atom stereocenters. The van der Waals surface area contributed by atoms with Gasteiger partial charge in [-0.2, -0.15) is 10.0 Å². The number of nitrogens with zero attached hydrogens (tertiary/aromatic N) is 1. The zero-order valence-corrected chi connectivity index (χ0v) is 15.9. The summed E-state index contributed by atoms with van der Waals surface area (Å²) in [5.74, 6) is -3.55. The average molecular weight is 411 g/mol. The van der Waals surface area contributed by atoms with E-state index in [1.165, 1.54) is 7.11 Å². The molecule has 8 heteroatoms. The van der Waals surface area contributed by atoms with Crippen LogP contribution < -0.4 is 4.74 Å². The number of pyridine rings is 1. The Bertz CT molecular complexity index is 999. The molecule has 0 spiro atoms. The van der Waals surface area contributed by atoms with Crippen molar-refractivity contribution in [3.63, 3.8) is 0 Å². The van der Waals surface area contributed by atoms with Crippen LogP contribution in [-0.2, 0) is 0 Å². The number of ether oxygens (including phenoxy) is 1. The summed E-state index contributed by atoms with van der Waals surface area (Å²) < 4.78 is 60.9. The van der Waals surface area contributed by atoms with Crippen LogP contribution in [0.2, 0.25) is 0 Å². The third-order valence-corrected chi connectivity index (χ3v) is 9.46. The van der Waals surface area contributed by atoms with Crippen molar-refractivity contribution >= 4 is 21.8 Å². The van der Waals surface area contributed by atoms with Crippen molar-refractivity contribution in [3.8, 4) is 5.88 Å². The van der Waals surface area contributed by atoms with Gasteiger partial charge in [0.25, 0.3) is 0 Å². The number of hydrogen-bond acceptors (Lipinski definition) is 3. The highest BCUT2D eigenvalue weighted by Gasteiger charge is 2.37. The SMILES string of the molecule is COc1ccc(S2(C)c3cc(F)c(F)cc3Sc3cc(F)c(F)cc32)cn1. The van der Waals surface area contributed by atoms with E-state index in [2.05, 4.69) is 4.98 Å². The number of hydrogen-bond donors (Lipinski definition) is 0. The van der Waals surface area contributed by atoms with E-state index in [1.54, 1.807) is 18.3 Å². The van der Waals surface area contributed by atoms with E-state index in [0.717, 1.165) is 36.0 Å². The molecule has 2 nitrogen and oxygen atoms in total. The molecule has 0 bridgehead atoms. The molecule has 2 heterocycles. The summed E-state index contributed by atoms with van der Waals surface area (Å²) >= 11 is 1.10. The lowest BCUT2D eigenvalue weighted by Crippen LogP contribution is -2.10. The Labute approximate surface area is 158 Å². The van der Waals surface area contributed by atoms with Crippen LogP contribution in [0.3, 0.4) is 0 Å². The molecule has 0 N–H and O–H groups in total. The minimum atomic E-state index is -2.19. The Morgan fingerprint density at radius 3 is 1.81 bits per heavy atom.